The van der Waals surface area contributed by atoms with Crippen molar-refractivity contribution in [3.8, 4) is 0 Å². The molecule has 0 unspecified atom stereocenters. The lowest BCUT2D eigenvalue weighted by Crippen LogP contribution is -2.32. The number of aliphatic hydroxyl groups excluding tert-OH is 1. The number of rotatable bonds is 4. The molecule has 88 valence electrons. The maximum absolute atomic E-state index is 11.8. The van der Waals surface area contributed by atoms with E-state index in [9.17, 15) is 9.90 Å². The molecule has 0 aliphatic rings. The third kappa shape index (κ3) is 3.31. The number of carbonyl (C=O) groups excluding carboxylic acids is 1. The molecule has 0 aliphatic carbocycles. The summed E-state index contributed by atoms with van der Waals surface area (Å²) in [6.45, 7) is 5.85. The van der Waals surface area contributed by atoms with E-state index in [1.807, 2.05) is 20.8 Å². The number of pyridine rings is 1. The Morgan fingerprint density at radius 1 is 1.56 bits per heavy atom. The summed E-state index contributed by atoms with van der Waals surface area (Å²) in [6.07, 6.45) is 1.84. The fourth-order valence-corrected chi connectivity index (χ4v) is 1.32. The van der Waals surface area contributed by atoms with E-state index in [0.29, 0.717) is 12.0 Å². The van der Waals surface area contributed by atoms with Crippen molar-refractivity contribution in [3.63, 3.8) is 0 Å². The molecule has 1 rings (SSSR count). The van der Waals surface area contributed by atoms with Gasteiger partial charge in [0.05, 0.1) is 6.10 Å². The molecule has 1 aromatic heterocycles. The van der Waals surface area contributed by atoms with Crippen LogP contribution in [0.2, 0.25) is 0 Å². The van der Waals surface area contributed by atoms with Crippen LogP contribution in [0.4, 0.5) is 0 Å². The first-order chi connectivity index (χ1) is 7.54. The van der Waals surface area contributed by atoms with Gasteiger partial charge >= 0.3 is 0 Å². The molecular weight excluding hydrogens is 204 g/mol. The molecule has 2 N–H and O–H groups in total. The highest BCUT2D eigenvalue weighted by Gasteiger charge is 2.10. The zero-order valence-electron chi connectivity index (χ0n) is 9.95. The molecule has 4 nitrogen and oxygen atoms in total. The van der Waals surface area contributed by atoms with Crippen LogP contribution in [0.25, 0.3) is 0 Å². The van der Waals surface area contributed by atoms with Gasteiger partial charge in [-0.25, -0.2) is 0 Å². The van der Waals surface area contributed by atoms with E-state index in [4.69, 9.17) is 0 Å². The summed E-state index contributed by atoms with van der Waals surface area (Å²) in [5, 5.41) is 12.1. The van der Waals surface area contributed by atoms with Gasteiger partial charge in [0.1, 0.15) is 0 Å². The number of amides is 1. The second-order valence-electron chi connectivity index (χ2n) is 3.91. The third-order valence-corrected chi connectivity index (χ3v) is 2.45. The highest BCUT2D eigenvalue weighted by molar-refractivity contribution is 5.95. The number of aryl methyl sites for hydroxylation is 2. The maximum Gasteiger partial charge on any atom is 0.251 e. The second-order valence-corrected chi connectivity index (χ2v) is 3.91. The van der Waals surface area contributed by atoms with Crippen LogP contribution in [0.5, 0.6) is 0 Å². The summed E-state index contributed by atoms with van der Waals surface area (Å²) < 4.78 is 0. The molecule has 16 heavy (non-hydrogen) atoms. The van der Waals surface area contributed by atoms with Crippen molar-refractivity contribution in [1.82, 2.24) is 10.3 Å². The van der Waals surface area contributed by atoms with Crippen LogP contribution in [0.15, 0.2) is 12.3 Å². The van der Waals surface area contributed by atoms with Crippen LogP contribution >= 0.6 is 0 Å². The Balaban J connectivity index is 2.69. The van der Waals surface area contributed by atoms with Crippen LogP contribution in [-0.2, 0) is 0 Å². The molecule has 0 saturated carbocycles. The minimum absolute atomic E-state index is 0.157. The summed E-state index contributed by atoms with van der Waals surface area (Å²) in [7, 11) is 0. The largest absolute Gasteiger partial charge is 0.391 e. The van der Waals surface area contributed by atoms with Gasteiger partial charge in [0, 0.05) is 24.0 Å². The monoisotopic (exact) mass is 222 g/mol. The Labute approximate surface area is 95.7 Å². The molecule has 0 fully saturated rings. The van der Waals surface area contributed by atoms with Gasteiger partial charge in [-0.2, -0.15) is 0 Å². The van der Waals surface area contributed by atoms with Gasteiger partial charge in [0.15, 0.2) is 0 Å². The highest BCUT2D eigenvalue weighted by Crippen LogP contribution is 2.07. The lowest BCUT2D eigenvalue weighted by atomic mass is 10.1. The topological polar surface area (TPSA) is 62.2 Å². The standard InChI is InChI=1S/C12H18N2O2/c1-4-10(15)7-14-12(16)11-5-9(3)13-6-8(11)2/h5-6,10,15H,4,7H2,1-3H3,(H,14,16)/t10-/m1/s1. The van der Waals surface area contributed by atoms with Gasteiger partial charge in [-0.1, -0.05) is 6.92 Å². The van der Waals surface area contributed by atoms with Crippen LogP contribution < -0.4 is 5.32 Å². The number of aliphatic hydroxyl groups is 1. The van der Waals surface area contributed by atoms with Crippen molar-refractivity contribution in [3.05, 3.63) is 29.1 Å². The predicted molar refractivity (Wildman–Crippen MR) is 62.3 cm³/mol. The molecule has 1 aromatic rings. The lowest BCUT2D eigenvalue weighted by molar-refractivity contribution is 0.0913. The first-order valence-corrected chi connectivity index (χ1v) is 5.44. The van der Waals surface area contributed by atoms with Gasteiger partial charge in [-0.3, -0.25) is 9.78 Å². The van der Waals surface area contributed by atoms with Crippen LogP contribution in [0.1, 0.15) is 35.0 Å². The fraction of sp³-hybridized carbons (Fsp3) is 0.500. The van der Waals surface area contributed by atoms with E-state index in [-0.39, 0.29) is 12.5 Å². The molecule has 1 heterocycles. The summed E-state index contributed by atoms with van der Waals surface area (Å²) in [4.78, 5) is 15.9. The van der Waals surface area contributed by atoms with Crippen LogP contribution in [-0.4, -0.2) is 28.6 Å². The van der Waals surface area contributed by atoms with Gasteiger partial charge in [0.2, 0.25) is 0 Å². The maximum atomic E-state index is 11.8. The fourth-order valence-electron chi connectivity index (χ4n) is 1.32. The predicted octanol–water partition coefficient (Wildman–Crippen LogP) is 1.20. The molecule has 1 amide bonds. The van der Waals surface area contributed by atoms with Gasteiger partial charge < -0.3 is 10.4 Å². The Morgan fingerprint density at radius 2 is 2.25 bits per heavy atom. The zero-order chi connectivity index (χ0) is 12.1. The number of aromatic nitrogens is 1. The number of hydrogen-bond donors (Lipinski definition) is 2. The SMILES string of the molecule is CC[C@@H](O)CNC(=O)c1cc(C)ncc1C. The lowest BCUT2D eigenvalue weighted by Gasteiger charge is -2.11. The van der Waals surface area contributed by atoms with Crippen molar-refractivity contribution in [1.29, 1.82) is 0 Å². The molecule has 4 heteroatoms. The van der Waals surface area contributed by atoms with E-state index in [1.165, 1.54) is 0 Å². The van der Waals surface area contributed by atoms with Crippen molar-refractivity contribution >= 4 is 5.91 Å². The average molecular weight is 222 g/mol. The molecular formula is C12H18N2O2. The highest BCUT2D eigenvalue weighted by atomic mass is 16.3. The van der Waals surface area contributed by atoms with Gasteiger partial charge in [0.25, 0.3) is 5.91 Å². The van der Waals surface area contributed by atoms with E-state index < -0.39 is 6.10 Å². The second kappa shape index (κ2) is 5.61. The van der Waals surface area contributed by atoms with Crippen molar-refractivity contribution in [2.24, 2.45) is 0 Å². The van der Waals surface area contributed by atoms with E-state index >= 15 is 0 Å². The summed E-state index contributed by atoms with van der Waals surface area (Å²) in [6, 6.07) is 1.75. The van der Waals surface area contributed by atoms with E-state index in [1.54, 1.807) is 12.3 Å². The van der Waals surface area contributed by atoms with Gasteiger partial charge in [-0.05, 0) is 31.9 Å². The Kier molecular flexibility index (Phi) is 4.43. The van der Waals surface area contributed by atoms with Crippen LogP contribution in [0, 0.1) is 13.8 Å². The molecule has 0 spiro atoms. The Morgan fingerprint density at radius 3 is 2.88 bits per heavy atom. The minimum Gasteiger partial charge on any atom is -0.391 e. The van der Waals surface area contributed by atoms with Crippen molar-refractivity contribution in [2.45, 2.75) is 33.3 Å². The zero-order valence-corrected chi connectivity index (χ0v) is 9.95. The molecule has 0 aliphatic heterocycles. The van der Waals surface area contributed by atoms with E-state index in [0.717, 1.165) is 11.3 Å². The minimum atomic E-state index is -0.479. The van der Waals surface area contributed by atoms with Crippen molar-refractivity contribution in [2.75, 3.05) is 6.54 Å². The first kappa shape index (κ1) is 12.6. The summed E-state index contributed by atoms with van der Waals surface area (Å²) in [5.41, 5.74) is 2.27. The number of nitrogens with zero attached hydrogens (tertiary/aromatic N) is 1. The average Bonchev–Trinajstić information content (AvgIpc) is 2.28. The smallest absolute Gasteiger partial charge is 0.251 e. The van der Waals surface area contributed by atoms with Gasteiger partial charge in [-0.15, -0.1) is 0 Å². The number of carbonyl (C=O) groups is 1. The molecule has 0 radical (unpaired) electrons. The third-order valence-electron chi connectivity index (χ3n) is 2.45. The molecule has 1 atom stereocenters. The molecule has 0 saturated heterocycles. The normalized spacial score (nSPS) is 12.2. The van der Waals surface area contributed by atoms with Crippen molar-refractivity contribution < 1.29 is 9.90 Å². The quantitative estimate of drug-likeness (QED) is 0.804. The van der Waals surface area contributed by atoms with E-state index in [2.05, 4.69) is 10.3 Å². The number of nitrogens with one attached hydrogen (secondary N) is 1. The Hall–Kier alpha value is -1.42. The summed E-state index contributed by atoms with van der Waals surface area (Å²) in [5.74, 6) is -0.157. The summed E-state index contributed by atoms with van der Waals surface area (Å²) >= 11 is 0. The van der Waals surface area contributed by atoms with Crippen LogP contribution in [0.3, 0.4) is 0 Å². The number of hydrogen-bond acceptors (Lipinski definition) is 3. The molecule has 0 bridgehead atoms. The Bertz CT molecular complexity index is 377. The first-order valence-electron chi connectivity index (χ1n) is 5.44. The molecule has 0 aromatic carbocycles.